The number of rotatable bonds is 4. The van der Waals surface area contributed by atoms with Crippen molar-refractivity contribution in [3.8, 4) is 0 Å². The first-order chi connectivity index (χ1) is 9.04. The molecule has 0 amide bonds. The molecule has 7 heteroatoms. The third-order valence-corrected chi connectivity index (χ3v) is 3.69. The summed E-state index contributed by atoms with van der Waals surface area (Å²) in [6, 6.07) is 4.30. The maximum Gasteiger partial charge on any atom is 0.343 e. The highest BCUT2D eigenvalue weighted by Gasteiger charge is 2.17. The lowest BCUT2D eigenvalue weighted by atomic mass is 10.1. The van der Waals surface area contributed by atoms with E-state index in [2.05, 4.69) is 10.2 Å². The van der Waals surface area contributed by atoms with Crippen LogP contribution in [-0.2, 0) is 6.54 Å². The molecule has 5 nitrogen and oxygen atoms in total. The summed E-state index contributed by atoms with van der Waals surface area (Å²) in [4.78, 5) is 23.1. The van der Waals surface area contributed by atoms with Gasteiger partial charge in [0.15, 0.2) is 10.9 Å². The molecule has 0 aliphatic carbocycles. The topological polar surface area (TPSA) is 67.8 Å². The smallest absolute Gasteiger partial charge is 0.294 e. The number of carbonyl (C=O) groups is 1. The lowest BCUT2D eigenvalue weighted by molar-refractivity contribution is 0.101. The van der Waals surface area contributed by atoms with Gasteiger partial charge in [0.25, 0.3) is 0 Å². The zero-order chi connectivity index (χ0) is 14.0. The molecular weight excluding hydrogens is 269 g/mol. The van der Waals surface area contributed by atoms with Gasteiger partial charge in [-0.25, -0.2) is 14.3 Å². The van der Waals surface area contributed by atoms with Crippen LogP contribution >= 0.6 is 11.8 Å². The van der Waals surface area contributed by atoms with E-state index in [1.54, 1.807) is 13.0 Å². The van der Waals surface area contributed by atoms with E-state index >= 15 is 0 Å². The number of aromatic amines is 1. The van der Waals surface area contributed by atoms with Gasteiger partial charge in [0, 0.05) is 12.1 Å². The number of hydrogen-bond acceptors (Lipinski definition) is 4. The first-order valence-electron chi connectivity index (χ1n) is 5.67. The molecule has 0 spiro atoms. The number of benzene rings is 1. The lowest BCUT2D eigenvalue weighted by Gasteiger charge is -2.07. The highest BCUT2D eigenvalue weighted by Crippen LogP contribution is 2.31. The highest BCUT2D eigenvalue weighted by atomic mass is 32.2. The molecule has 1 aromatic carbocycles. The standard InChI is InChI=1S/C12H12FN3O2S/c1-3-16-11(18)14-15-12(16)19-10-8(7(2)17)5-4-6-9(10)13/h4-6H,3H2,1-2H3,(H,14,18). The Bertz CT molecular complexity index is 678. The number of aromatic nitrogens is 3. The van der Waals surface area contributed by atoms with E-state index < -0.39 is 5.82 Å². The van der Waals surface area contributed by atoms with Crippen LogP contribution in [0.2, 0.25) is 0 Å². The molecule has 0 atom stereocenters. The van der Waals surface area contributed by atoms with Crippen molar-refractivity contribution in [2.75, 3.05) is 0 Å². The minimum Gasteiger partial charge on any atom is -0.294 e. The fourth-order valence-corrected chi connectivity index (χ4v) is 2.72. The average molecular weight is 281 g/mol. The van der Waals surface area contributed by atoms with E-state index in [0.717, 1.165) is 11.8 Å². The molecule has 0 radical (unpaired) electrons. The number of H-pyrrole nitrogens is 1. The summed E-state index contributed by atoms with van der Waals surface area (Å²) in [7, 11) is 0. The molecule has 2 aromatic rings. The normalized spacial score (nSPS) is 10.7. The number of nitrogens with one attached hydrogen (secondary N) is 1. The predicted molar refractivity (Wildman–Crippen MR) is 69.0 cm³/mol. The maximum atomic E-state index is 13.8. The number of halogens is 1. The van der Waals surface area contributed by atoms with Gasteiger partial charge in [-0.3, -0.25) is 9.36 Å². The van der Waals surface area contributed by atoms with E-state index in [9.17, 15) is 14.0 Å². The Morgan fingerprint density at radius 1 is 1.53 bits per heavy atom. The van der Waals surface area contributed by atoms with Crippen LogP contribution in [0, 0.1) is 5.82 Å². The summed E-state index contributed by atoms with van der Waals surface area (Å²) < 4.78 is 15.2. The molecule has 0 bridgehead atoms. The van der Waals surface area contributed by atoms with Crippen molar-refractivity contribution in [2.45, 2.75) is 30.4 Å². The number of Topliss-reactive ketones (excluding diaryl/α,β-unsaturated/α-hetero) is 1. The third-order valence-electron chi connectivity index (χ3n) is 2.58. The van der Waals surface area contributed by atoms with E-state index in [1.807, 2.05) is 0 Å². The van der Waals surface area contributed by atoms with Crippen LogP contribution in [0.25, 0.3) is 0 Å². The van der Waals surface area contributed by atoms with E-state index in [1.165, 1.54) is 23.6 Å². The molecule has 2 rings (SSSR count). The predicted octanol–water partition coefficient (Wildman–Crippen LogP) is 2.08. The second kappa shape index (κ2) is 5.40. The van der Waals surface area contributed by atoms with Crippen LogP contribution < -0.4 is 5.69 Å². The molecule has 0 saturated carbocycles. The summed E-state index contributed by atoms with van der Waals surface area (Å²) in [6.07, 6.45) is 0. The quantitative estimate of drug-likeness (QED) is 0.871. The Morgan fingerprint density at radius 3 is 2.89 bits per heavy atom. The summed E-state index contributed by atoms with van der Waals surface area (Å²) >= 11 is 0.966. The van der Waals surface area contributed by atoms with Crippen molar-refractivity contribution < 1.29 is 9.18 Å². The monoisotopic (exact) mass is 281 g/mol. The first kappa shape index (κ1) is 13.5. The van der Waals surface area contributed by atoms with Gasteiger partial charge >= 0.3 is 5.69 Å². The molecule has 0 fully saturated rings. The van der Waals surface area contributed by atoms with E-state index in [4.69, 9.17) is 0 Å². The molecule has 100 valence electrons. The van der Waals surface area contributed by atoms with Crippen molar-refractivity contribution in [1.29, 1.82) is 0 Å². The zero-order valence-electron chi connectivity index (χ0n) is 10.4. The summed E-state index contributed by atoms with van der Waals surface area (Å²) in [5.74, 6) is -0.737. The molecular formula is C12H12FN3O2S. The molecule has 1 N–H and O–H groups in total. The Hall–Kier alpha value is -1.89. The van der Waals surface area contributed by atoms with Crippen molar-refractivity contribution in [3.63, 3.8) is 0 Å². The third kappa shape index (κ3) is 2.60. The van der Waals surface area contributed by atoms with Gasteiger partial charge in [0.1, 0.15) is 5.82 Å². The minimum atomic E-state index is -0.504. The zero-order valence-corrected chi connectivity index (χ0v) is 11.3. The lowest BCUT2D eigenvalue weighted by Crippen LogP contribution is -2.16. The molecule has 1 aromatic heterocycles. The Kier molecular flexibility index (Phi) is 3.84. The first-order valence-corrected chi connectivity index (χ1v) is 6.48. The summed E-state index contributed by atoms with van der Waals surface area (Å²) in [5.41, 5.74) is -0.0752. The molecule has 19 heavy (non-hydrogen) atoms. The van der Waals surface area contributed by atoms with Gasteiger partial charge in [0.05, 0.1) is 4.90 Å². The Balaban J connectivity index is 2.49. The number of nitrogens with zero attached hydrogens (tertiary/aromatic N) is 2. The van der Waals surface area contributed by atoms with Crippen molar-refractivity contribution in [1.82, 2.24) is 14.8 Å². The van der Waals surface area contributed by atoms with Crippen LogP contribution in [0.15, 0.2) is 33.0 Å². The second-order valence-electron chi connectivity index (χ2n) is 3.83. The summed E-state index contributed by atoms with van der Waals surface area (Å²) in [6.45, 7) is 3.58. The highest BCUT2D eigenvalue weighted by molar-refractivity contribution is 7.99. The van der Waals surface area contributed by atoms with Gasteiger partial charge in [-0.2, -0.15) is 0 Å². The summed E-state index contributed by atoms with van der Waals surface area (Å²) in [5, 5.41) is 6.47. The average Bonchev–Trinajstić information content (AvgIpc) is 2.72. The SMILES string of the molecule is CCn1c(Sc2c(F)cccc2C(C)=O)n[nH]c1=O. The fourth-order valence-electron chi connectivity index (χ4n) is 1.64. The molecule has 0 aliphatic rings. The number of ketones is 1. The van der Waals surface area contributed by atoms with Crippen LogP contribution in [-0.4, -0.2) is 20.5 Å². The van der Waals surface area contributed by atoms with Crippen LogP contribution in [0.1, 0.15) is 24.2 Å². The van der Waals surface area contributed by atoms with Crippen molar-refractivity contribution in [2.24, 2.45) is 0 Å². The van der Waals surface area contributed by atoms with Gasteiger partial charge in [-0.1, -0.05) is 12.1 Å². The molecule has 0 aliphatic heterocycles. The van der Waals surface area contributed by atoms with Crippen molar-refractivity contribution in [3.05, 3.63) is 40.1 Å². The Morgan fingerprint density at radius 2 is 2.26 bits per heavy atom. The van der Waals surface area contributed by atoms with Crippen LogP contribution in [0.3, 0.4) is 0 Å². The van der Waals surface area contributed by atoms with Crippen molar-refractivity contribution >= 4 is 17.5 Å². The number of hydrogen-bond donors (Lipinski definition) is 1. The largest absolute Gasteiger partial charge is 0.343 e. The molecule has 0 saturated heterocycles. The Labute approximate surface area is 112 Å². The van der Waals surface area contributed by atoms with E-state index in [0.29, 0.717) is 11.7 Å². The van der Waals surface area contributed by atoms with Gasteiger partial charge < -0.3 is 0 Å². The molecule has 0 unspecified atom stereocenters. The molecule has 1 heterocycles. The fraction of sp³-hybridized carbons (Fsp3) is 0.250. The van der Waals surface area contributed by atoms with Gasteiger partial charge in [0.2, 0.25) is 0 Å². The van der Waals surface area contributed by atoms with Gasteiger partial charge in [-0.05, 0) is 31.7 Å². The number of carbonyl (C=O) groups excluding carboxylic acids is 1. The van der Waals surface area contributed by atoms with E-state index in [-0.39, 0.29) is 21.9 Å². The second-order valence-corrected chi connectivity index (χ2v) is 4.81. The van der Waals surface area contributed by atoms with Crippen LogP contribution in [0.5, 0.6) is 0 Å². The van der Waals surface area contributed by atoms with Crippen LogP contribution in [0.4, 0.5) is 4.39 Å². The van der Waals surface area contributed by atoms with Gasteiger partial charge in [-0.15, -0.1) is 5.10 Å². The maximum absolute atomic E-state index is 13.8. The minimum absolute atomic E-state index is 0.184.